The molecule has 2 atom stereocenters. The Balaban J connectivity index is 1.93. The fourth-order valence-corrected chi connectivity index (χ4v) is 3.02. The van der Waals surface area contributed by atoms with Gasteiger partial charge < -0.3 is 15.4 Å². The lowest BCUT2D eigenvalue weighted by Gasteiger charge is -2.23. The number of hydrogen-bond donors (Lipinski definition) is 2. The summed E-state index contributed by atoms with van der Waals surface area (Å²) in [6.07, 6.45) is 6.40. The molecule has 1 aromatic rings. The molecule has 0 aliphatic carbocycles. The second-order valence-electron chi connectivity index (χ2n) is 5.63. The SMILES string of the molecule is COc1ccc(Cl)cc1NC(C)CC1CCCCCN1. The van der Waals surface area contributed by atoms with Crippen LogP contribution in [0.3, 0.4) is 0 Å². The molecule has 0 saturated carbocycles. The lowest BCUT2D eigenvalue weighted by molar-refractivity contribution is 0.414. The van der Waals surface area contributed by atoms with Gasteiger partial charge in [-0.1, -0.05) is 24.4 Å². The summed E-state index contributed by atoms with van der Waals surface area (Å²) >= 11 is 6.06. The van der Waals surface area contributed by atoms with Crippen molar-refractivity contribution in [3.63, 3.8) is 0 Å². The molecule has 20 heavy (non-hydrogen) atoms. The maximum Gasteiger partial charge on any atom is 0.142 e. The van der Waals surface area contributed by atoms with Gasteiger partial charge in [-0.15, -0.1) is 0 Å². The number of benzene rings is 1. The summed E-state index contributed by atoms with van der Waals surface area (Å²) < 4.78 is 5.37. The van der Waals surface area contributed by atoms with Crippen LogP contribution in [-0.2, 0) is 0 Å². The summed E-state index contributed by atoms with van der Waals surface area (Å²) in [6.45, 7) is 3.37. The maximum atomic E-state index is 6.06. The van der Waals surface area contributed by atoms with Crippen molar-refractivity contribution in [1.29, 1.82) is 0 Å². The third-order valence-corrected chi connectivity index (χ3v) is 4.10. The Bertz CT molecular complexity index is 417. The highest BCUT2D eigenvalue weighted by atomic mass is 35.5. The summed E-state index contributed by atoms with van der Waals surface area (Å²) in [5.41, 5.74) is 0.973. The number of halogens is 1. The standard InChI is InChI=1S/C16H25ClN2O/c1-12(10-14-6-4-3-5-9-18-14)19-15-11-13(17)7-8-16(15)20-2/h7-8,11-12,14,18-19H,3-6,9-10H2,1-2H3. The molecule has 3 nitrogen and oxygen atoms in total. The van der Waals surface area contributed by atoms with Crippen molar-refractivity contribution in [2.75, 3.05) is 19.0 Å². The first-order chi connectivity index (χ1) is 9.69. The van der Waals surface area contributed by atoms with Crippen molar-refractivity contribution < 1.29 is 4.74 Å². The molecule has 112 valence electrons. The number of ether oxygens (including phenoxy) is 1. The Morgan fingerprint density at radius 2 is 2.25 bits per heavy atom. The van der Waals surface area contributed by atoms with Crippen molar-refractivity contribution in [3.8, 4) is 5.75 Å². The second-order valence-corrected chi connectivity index (χ2v) is 6.06. The Morgan fingerprint density at radius 3 is 3.05 bits per heavy atom. The van der Waals surface area contributed by atoms with Gasteiger partial charge in [0.1, 0.15) is 5.75 Å². The molecule has 1 aromatic carbocycles. The first kappa shape index (κ1) is 15.5. The van der Waals surface area contributed by atoms with Crippen LogP contribution in [-0.4, -0.2) is 25.7 Å². The average molecular weight is 297 g/mol. The van der Waals surface area contributed by atoms with Gasteiger partial charge in [-0.2, -0.15) is 0 Å². The molecular weight excluding hydrogens is 272 g/mol. The molecular formula is C16H25ClN2O. The van der Waals surface area contributed by atoms with E-state index in [1.807, 2.05) is 18.2 Å². The van der Waals surface area contributed by atoms with E-state index in [2.05, 4.69) is 17.6 Å². The number of rotatable bonds is 5. The van der Waals surface area contributed by atoms with E-state index >= 15 is 0 Å². The van der Waals surface area contributed by atoms with E-state index in [1.165, 1.54) is 25.7 Å². The molecule has 0 spiro atoms. The largest absolute Gasteiger partial charge is 0.495 e. The minimum Gasteiger partial charge on any atom is -0.495 e. The van der Waals surface area contributed by atoms with Crippen LogP contribution in [0.2, 0.25) is 5.02 Å². The molecule has 0 radical (unpaired) electrons. The molecule has 0 bridgehead atoms. The number of anilines is 1. The molecule has 2 rings (SSSR count). The van der Waals surface area contributed by atoms with Gasteiger partial charge in [-0.05, 0) is 50.9 Å². The van der Waals surface area contributed by atoms with Gasteiger partial charge in [0.2, 0.25) is 0 Å². The molecule has 0 amide bonds. The van der Waals surface area contributed by atoms with Crippen LogP contribution < -0.4 is 15.4 Å². The minimum absolute atomic E-state index is 0.387. The molecule has 1 aliphatic rings. The van der Waals surface area contributed by atoms with Crippen molar-refractivity contribution in [1.82, 2.24) is 5.32 Å². The Hall–Kier alpha value is -0.930. The van der Waals surface area contributed by atoms with Crippen molar-refractivity contribution in [2.24, 2.45) is 0 Å². The van der Waals surface area contributed by atoms with Gasteiger partial charge in [-0.3, -0.25) is 0 Å². The Kier molecular flexibility index (Phi) is 5.99. The van der Waals surface area contributed by atoms with Gasteiger partial charge >= 0.3 is 0 Å². The summed E-state index contributed by atoms with van der Waals surface area (Å²) in [7, 11) is 1.69. The minimum atomic E-state index is 0.387. The zero-order chi connectivity index (χ0) is 14.4. The highest BCUT2D eigenvalue weighted by molar-refractivity contribution is 6.30. The number of hydrogen-bond acceptors (Lipinski definition) is 3. The lowest BCUT2D eigenvalue weighted by Crippen LogP contribution is -2.33. The summed E-state index contributed by atoms with van der Waals surface area (Å²) in [4.78, 5) is 0. The van der Waals surface area contributed by atoms with Crippen LogP contribution >= 0.6 is 11.6 Å². The molecule has 0 aromatic heterocycles. The van der Waals surface area contributed by atoms with Gasteiger partial charge in [0.15, 0.2) is 0 Å². The molecule has 1 aliphatic heterocycles. The predicted octanol–water partition coefficient (Wildman–Crippen LogP) is 4.07. The molecule has 1 heterocycles. The van der Waals surface area contributed by atoms with E-state index < -0.39 is 0 Å². The molecule has 1 saturated heterocycles. The van der Waals surface area contributed by atoms with Crippen molar-refractivity contribution >= 4 is 17.3 Å². The first-order valence-electron chi connectivity index (χ1n) is 7.52. The van der Waals surface area contributed by atoms with Crippen LogP contribution in [0.5, 0.6) is 5.75 Å². The van der Waals surface area contributed by atoms with Gasteiger partial charge in [0, 0.05) is 17.1 Å². The second kappa shape index (κ2) is 7.75. The topological polar surface area (TPSA) is 33.3 Å². The van der Waals surface area contributed by atoms with E-state index in [9.17, 15) is 0 Å². The molecule has 1 fully saturated rings. The monoisotopic (exact) mass is 296 g/mol. The van der Waals surface area contributed by atoms with Gasteiger partial charge in [0.25, 0.3) is 0 Å². The smallest absolute Gasteiger partial charge is 0.142 e. The average Bonchev–Trinajstić information content (AvgIpc) is 2.67. The zero-order valence-corrected chi connectivity index (χ0v) is 13.2. The van der Waals surface area contributed by atoms with Crippen molar-refractivity contribution in [3.05, 3.63) is 23.2 Å². The lowest BCUT2D eigenvalue weighted by atomic mass is 10.0. The number of methoxy groups -OCH3 is 1. The Labute approximate surface area is 127 Å². The van der Waals surface area contributed by atoms with Crippen LogP contribution in [0, 0.1) is 0 Å². The third kappa shape index (κ3) is 4.57. The van der Waals surface area contributed by atoms with Crippen LogP contribution in [0.1, 0.15) is 39.0 Å². The van der Waals surface area contributed by atoms with E-state index in [4.69, 9.17) is 16.3 Å². The predicted molar refractivity (Wildman–Crippen MR) is 86.0 cm³/mol. The van der Waals surface area contributed by atoms with Crippen molar-refractivity contribution in [2.45, 2.75) is 51.1 Å². The highest BCUT2D eigenvalue weighted by Gasteiger charge is 2.16. The molecule has 2 N–H and O–H groups in total. The van der Waals surface area contributed by atoms with Crippen LogP contribution in [0.4, 0.5) is 5.69 Å². The van der Waals surface area contributed by atoms with E-state index in [0.717, 1.165) is 29.4 Å². The van der Waals surface area contributed by atoms with Crippen LogP contribution in [0.15, 0.2) is 18.2 Å². The highest BCUT2D eigenvalue weighted by Crippen LogP contribution is 2.28. The fourth-order valence-electron chi connectivity index (χ4n) is 2.85. The maximum absolute atomic E-state index is 6.06. The Morgan fingerprint density at radius 1 is 1.40 bits per heavy atom. The molecule has 4 heteroatoms. The van der Waals surface area contributed by atoms with Gasteiger partial charge in [0.05, 0.1) is 12.8 Å². The molecule has 2 unspecified atom stereocenters. The third-order valence-electron chi connectivity index (χ3n) is 3.86. The van der Waals surface area contributed by atoms with Crippen LogP contribution in [0.25, 0.3) is 0 Å². The zero-order valence-electron chi connectivity index (χ0n) is 12.4. The first-order valence-corrected chi connectivity index (χ1v) is 7.90. The fraction of sp³-hybridized carbons (Fsp3) is 0.625. The summed E-state index contributed by atoms with van der Waals surface area (Å²) in [5, 5.41) is 7.89. The summed E-state index contributed by atoms with van der Waals surface area (Å²) in [6, 6.07) is 6.69. The quantitative estimate of drug-likeness (QED) is 0.859. The van der Waals surface area contributed by atoms with E-state index in [-0.39, 0.29) is 0 Å². The van der Waals surface area contributed by atoms with Gasteiger partial charge in [-0.25, -0.2) is 0 Å². The van der Waals surface area contributed by atoms with E-state index in [1.54, 1.807) is 7.11 Å². The normalized spacial score (nSPS) is 21.1. The number of nitrogens with one attached hydrogen (secondary N) is 2. The van der Waals surface area contributed by atoms with E-state index in [0.29, 0.717) is 12.1 Å². The summed E-state index contributed by atoms with van der Waals surface area (Å²) in [5.74, 6) is 0.843.